The van der Waals surface area contributed by atoms with Gasteiger partial charge in [0.15, 0.2) is 0 Å². The summed E-state index contributed by atoms with van der Waals surface area (Å²) in [7, 11) is 0. The minimum Gasteiger partial charge on any atom is -0.478 e. The second-order valence-corrected chi connectivity index (χ2v) is 7.16. The van der Waals surface area contributed by atoms with Crippen molar-refractivity contribution in [2.45, 2.75) is 38.0 Å². The molecule has 2 aromatic carbocycles. The van der Waals surface area contributed by atoms with Crippen LogP contribution in [0.1, 0.15) is 58.6 Å². The first-order valence-corrected chi connectivity index (χ1v) is 8.98. The molecule has 3 aromatic rings. The molecule has 1 fully saturated rings. The van der Waals surface area contributed by atoms with Crippen LogP contribution in [0, 0.1) is 0 Å². The van der Waals surface area contributed by atoms with Gasteiger partial charge in [0.05, 0.1) is 5.56 Å². The zero-order valence-electron chi connectivity index (χ0n) is 15.2. The van der Waals surface area contributed by atoms with E-state index in [1.807, 2.05) is 0 Å². The molecule has 0 atom stereocenters. The number of aromatic nitrogens is 2. The number of rotatable bonds is 6. The topological polar surface area (TPSA) is 76.2 Å². The van der Waals surface area contributed by atoms with Crippen LogP contribution in [0.4, 0.5) is 8.78 Å². The van der Waals surface area contributed by atoms with Crippen molar-refractivity contribution in [3.05, 3.63) is 70.6 Å². The van der Waals surface area contributed by atoms with Crippen LogP contribution in [-0.2, 0) is 12.3 Å². The van der Waals surface area contributed by atoms with Gasteiger partial charge < -0.3 is 9.52 Å². The third-order valence-corrected chi connectivity index (χ3v) is 4.81. The first kappa shape index (κ1) is 18.3. The van der Waals surface area contributed by atoms with Crippen molar-refractivity contribution in [2.75, 3.05) is 0 Å². The molecule has 1 aromatic heterocycles. The number of benzene rings is 2. The van der Waals surface area contributed by atoms with Gasteiger partial charge in [-0.1, -0.05) is 30.3 Å². The summed E-state index contributed by atoms with van der Waals surface area (Å²) in [5, 5.41) is 17.5. The minimum absolute atomic E-state index is 0.0522. The van der Waals surface area contributed by atoms with E-state index in [2.05, 4.69) is 10.2 Å². The van der Waals surface area contributed by atoms with Gasteiger partial charge in [0.1, 0.15) is 0 Å². The highest BCUT2D eigenvalue weighted by Gasteiger charge is 2.30. The molecule has 1 aliphatic rings. The van der Waals surface area contributed by atoms with Gasteiger partial charge in [-0.15, -0.1) is 10.2 Å². The fraction of sp³-hybridized carbons (Fsp3) is 0.286. The summed E-state index contributed by atoms with van der Waals surface area (Å²) in [4.78, 5) is 11.4. The molecule has 0 unspecified atom stereocenters. The van der Waals surface area contributed by atoms with E-state index in [4.69, 9.17) is 4.42 Å². The monoisotopic (exact) mass is 384 g/mol. The summed E-state index contributed by atoms with van der Waals surface area (Å²) >= 11 is 0. The van der Waals surface area contributed by atoms with E-state index in [0.29, 0.717) is 17.9 Å². The number of carboxylic acid groups (broad SMARTS) is 1. The molecular weight excluding hydrogens is 366 g/mol. The Kier molecular flexibility index (Phi) is 4.45. The number of aromatic carboxylic acids is 1. The van der Waals surface area contributed by atoms with Gasteiger partial charge in [0, 0.05) is 24.0 Å². The normalized spacial score (nSPS) is 14.2. The average molecular weight is 384 g/mol. The van der Waals surface area contributed by atoms with E-state index in [-0.39, 0.29) is 22.9 Å². The first-order chi connectivity index (χ1) is 13.3. The van der Waals surface area contributed by atoms with Crippen LogP contribution in [-0.4, -0.2) is 21.3 Å². The largest absolute Gasteiger partial charge is 0.478 e. The standard InChI is InChI=1S/C21H18F2N2O3/c1-21(22,23)16-8-2-12(3-9-16)10-14-6-7-15(20(26)27)11-17(14)19-25-24-18(28-19)13-4-5-13/h2-3,6-9,11,13H,4-5,10H2,1H3,(H,26,27). The molecule has 28 heavy (non-hydrogen) atoms. The van der Waals surface area contributed by atoms with Gasteiger partial charge in [0.25, 0.3) is 5.92 Å². The lowest BCUT2D eigenvalue weighted by molar-refractivity contribution is 0.0174. The maximum absolute atomic E-state index is 13.4. The molecule has 0 saturated heterocycles. The molecule has 1 heterocycles. The molecule has 5 nitrogen and oxygen atoms in total. The van der Waals surface area contributed by atoms with Crippen LogP contribution in [0.15, 0.2) is 46.9 Å². The van der Waals surface area contributed by atoms with E-state index < -0.39 is 11.9 Å². The molecule has 0 spiro atoms. The molecule has 1 saturated carbocycles. The Morgan fingerprint density at radius 2 is 1.89 bits per heavy atom. The Morgan fingerprint density at radius 1 is 1.18 bits per heavy atom. The number of carbonyl (C=O) groups is 1. The van der Waals surface area contributed by atoms with Crippen LogP contribution in [0.25, 0.3) is 11.5 Å². The van der Waals surface area contributed by atoms with Crippen LogP contribution in [0.3, 0.4) is 0 Å². The Labute approximate surface area is 160 Å². The fourth-order valence-electron chi connectivity index (χ4n) is 3.04. The van der Waals surface area contributed by atoms with Crippen LogP contribution >= 0.6 is 0 Å². The second-order valence-electron chi connectivity index (χ2n) is 7.16. The quantitative estimate of drug-likeness (QED) is 0.646. The maximum Gasteiger partial charge on any atom is 0.335 e. The van der Waals surface area contributed by atoms with E-state index in [1.54, 1.807) is 18.2 Å². The zero-order chi connectivity index (χ0) is 19.9. The molecule has 0 amide bonds. The molecule has 144 valence electrons. The van der Waals surface area contributed by atoms with Gasteiger partial charge >= 0.3 is 5.97 Å². The summed E-state index contributed by atoms with van der Waals surface area (Å²) in [5.74, 6) is -2.82. The molecule has 4 rings (SSSR count). The number of alkyl halides is 2. The lowest BCUT2D eigenvalue weighted by Gasteiger charge is -2.12. The average Bonchev–Trinajstić information content (AvgIpc) is 3.39. The lowest BCUT2D eigenvalue weighted by atomic mass is 9.96. The number of hydrogen-bond acceptors (Lipinski definition) is 4. The molecule has 1 N–H and O–H groups in total. The summed E-state index contributed by atoms with van der Waals surface area (Å²) in [6.07, 6.45) is 2.45. The Balaban J connectivity index is 1.68. The van der Waals surface area contributed by atoms with E-state index in [1.165, 1.54) is 24.3 Å². The van der Waals surface area contributed by atoms with Gasteiger partial charge in [-0.05, 0) is 42.5 Å². The summed E-state index contributed by atoms with van der Waals surface area (Å²) in [6, 6.07) is 10.8. The zero-order valence-corrected chi connectivity index (χ0v) is 15.2. The van der Waals surface area contributed by atoms with Gasteiger partial charge in [-0.25, -0.2) is 13.6 Å². The molecule has 0 aliphatic heterocycles. The molecule has 7 heteroatoms. The number of carboxylic acids is 1. The third-order valence-electron chi connectivity index (χ3n) is 4.81. The first-order valence-electron chi connectivity index (χ1n) is 8.98. The van der Waals surface area contributed by atoms with Crippen molar-refractivity contribution in [3.8, 4) is 11.5 Å². The number of hydrogen-bond donors (Lipinski definition) is 1. The van der Waals surface area contributed by atoms with Crippen molar-refractivity contribution in [1.29, 1.82) is 0 Å². The Morgan fingerprint density at radius 3 is 2.50 bits per heavy atom. The van der Waals surface area contributed by atoms with E-state index in [0.717, 1.165) is 30.9 Å². The number of nitrogens with zero attached hydrogens (tertiary/aromatic N) is 2. The van der Waals surface area contributed by atoms with Crippen LogP contribution in [0.5, 0.6) is 0 Å². The van der Waals surface area contributed by atoms with Crippen molar-refractivity contribution in [2.24, 2.45) is 0 Å². The van der Waals surface area contributed by atoms with Gasteiger partial charge in [-0.3, -0.25) is 0 Å². The second kappa shape index (κ2) is 6.82. The Hall–Kier alpha value is -3.09. The van der Waals surface area contributed by atoms with Crippen molar-refractivity contribution in [1.82, 2.24) is 10.2 Å². The summed E-state index contributed by atoms with van der Waals surface area (Å²) < 4.78 is 32.6. The third kappa shape index (κ3) is 3.78. The molecule has 0 bridgehead atoms. The predicted octanol–water partition coefficient (Wildman–Crippen LogP) is 5.01. The number of halogens is 2. The SMILES string of the molecule is CC(F)(F)c1ccc(Cc2ccc(C(=O)O)cc2-c2nnc(C3CC3)o2)cc1. The maximum atomic E-state index is 13.4. The van der Waals surface area contributed by atoms with Crippen molar-refractivity contribution in [3.63, 3.8) is 0 Å². The fourth-order valence-corrected chi connectivity index (χ4v) is 3.04. The summed E-state index contributed by atoms with van der Waals surface area (Å²) in [5.41, 5.74) is 2.21. The van der Waals surface area contributed by atoms with Gasteiger partial charge in [-0.2, -0.15) is 0 Å². The highest BCUT2D eigenvalue weighted by molar-refractivity contribution is 5.89. The van der Waals surface area contributed by atoms with Crippen molar-refractivity contribution < 1.29 is 23.1 Å². The molecular formula is C21H18F2N2O3. The minimum atomic E-state index is -2.89. The highest BCUT2D eigenvalue weighted by atomic mass is 19.3. The molecule has 0 radical (unpaired) electrons. The lowest BCUT2D eigenvalue weighted by Crippen LogP contribution is -2.06. The summed E-state index contributed by atoms with van der Waals surface area (Å²) in [6.45, 7) is 0.859. The van der Waals surface area contributed by atoms with E-state index in [9.17, 15) is 18.7 Å². The Bertz CT molecular complexity index is 1020. The van der Waals surface area contributed by atoms with E-state index >= 15 is 0 Å². The van der Waals surface area contributed by atoms with Gasteiger partial charge in [0.2, 0.25) is 11.8 Å². The smallest absolute Gasteiger partial charge is 0.335 e. The van der Waals surface area contributed by atoms with Crippen LogP contribution in [0.2, 0.25) is 0 Å². The predicted molar refractivity (Wildman–Crippen MR) is 97.5 cm³/mol. The van der Waals surface area contributed by atoms with Crippen LogP contribution < -0.4 is 0 Å². The van der Waals surface area contributed by atoms with Crippen molar-refractivity contribution >= 4 is 5.97 Å². The highest BCUT2D eigenvalue weighted by Crippen LogP contribution is 2.40. The molecule has 1 aliphatic carbocycles.